The molecule has 0 saturated carbocycles. The quantitative estimate of drug-likeness (QED) is 0.375. The molecule has 4 nitrogen and oxygen atoms in total. The Hall–Kier alpha value is -2.37. The third-order valence-corrected chi connectivity index (χ3v) is 7.15. The van der Waals surface area contributed by atoms with E-state index in [9.17, 15) is 9.59 Å². The van der Waals surface area contributed by atoms with Crippen molar-refractivity contribution in [3.8, 4) is 0 Å². The van der Waals surface area contributed by atoms with Gasteiger partial charge in [-0.05, 0) is 80.4 Å². The van der Waals surface area contributed by atoms with E-state index in [0.717, 1.165) is 18.5 Å². The number of likely N-dealkylation sites (tertiary alicyclic amines) is 1. The number of nitrogens with zero attached hydrogens (tertiary/aromatic N) is 1. The van der Waals surface area contributed by atoms with Crippen LogP contribution >= 0.6 is 34.8 Å². The highest BCUT2D eigenvalue weighted by atomic mass is 35.5. The molecule has 0 radical (unpaired) electrons. The Balaban J connectivity index is 1.55. The van der Waals surface area contributed by atoms with Crippen LogP contribution in [-0.4, -0.2) is 28.7 Å². The van der Waals surface area contributed by atoms with Gasteiger partial charge >= 0.3 is 0 Å². The van der Waals surface area contributed by atoms with Crippen LogP contribution in [-0.2, 0) is 11.3 Å². The number of hydrogen-bond acceptors (Lipinski definition) is 3. The molecule has 1 atom stereocenters. The van der Waals surface area contributed by atoms with Crippen molar-refractivity contribution in [2.75, 3.05) is 11.9 Å². The lowest BCUT2D eigenvalue weighted by Crippen LogP contribution is -2.50. The molecule has 0 spiro atoms. The summed E-state index contributed by atoms with van der Waals surface area (Å²) in [4.78, 5) is 28.7. The van der Waals surface area contributed by atoms with Crippen molar-refractivity contribution in [1.82, 2.24) is 4.90 Å². The van der Waals surface area contributed by atoms with E-state index >= 15 is 0 Å². The van der Waals surface area contributed by atoms with Crippen LogP contribution in [0.25, 0.3) is 0 Å². The fourth-order valence-electron chi connectivity index (χ4n) is 4.19. The number of carbonyl (C=O) groups excluding carboxylic acids is 2. The molecule has 1 aliphatic heterocycles. The highest BCUT2D eigenvalue weighted by molar-refractivity contribution is 6.42. The second-order valence-electron chi connectivity index (χ2n) is 8.38. The topological polar surface area (TPSA) is 49.4 Å². The van der Waals surface area contributed by atoms with Crippen molar-refractivity contribution in [3.05, 3.63) is 98.5 Å². The van der Waals surface area contributed by atoms with Gasteiger partial charge in [-0.1, -0.05) is 53.0 Å². The second kappa shape index (κ2) is 9.86. The largest absolute Gasteiger partial charge is 0.324 e. The van der Waals surface area contributed by atoms with Crippen molar-refractivity contribution >= 4 is 52.2 Å². The molecule has 33 heavy (non-hydrogen) atoms. The number of anilines is 1. The number of ketones is 1. The highest BCUT2D eigenvalue weighted by Crippen LogP contribution is 2.33. The summed E-state index contributed by atoms with van der Waals surface area (Å²) in [5.74, 6) is -0.316. The van der Waals surface area contributed by atoms with Crippen molar-refractivity contribution in [2.24, 2.45) is 0 Å². The summed E-state index contributed by atoms with van der Waals surface area (Å²) in [5, 5.41) is 4.57. The lowest BCUT2D eigenvalue weighted by Gasteiger charge is -2.34. The first-order valence-corrected chi connectivity index (χ1v) is 11.8. The van der Waals surface area contributed by atoms with Crippen molar-refractivity contribution in [2.45, 2.75) is 31.8 Å². The number of amides is 1. The molecule has 0 unspecified atom stereocenters. The number of nitrogens with one attached hydrogen (secondary N) is 1. The highest BCUT2D eigenvalue weighted by Gasteiger charge is 2.43. The standard InChI is InChI=1S/C26H23Cl3N2O2/c1-26(13-4-14-31(26)16-17-7-12-21(28)22(29)15-17)25(33)30-23-6-3-2-5-20(23)24(32)18-8-10-19(27)11-9-18/h2-3,5-12,15H,4,13-14,16H2,1H3,(H,30,33)/t26-/m1/s1. The first-order valence-electron chi connectivity index (χ1n) is 10.7. The van der Waals surface area contributed by atoms with Crippen LogP contribution < -0.4 is 5.32 Å². The monoisotopic (exact) mass is 500 g/mol. The molecule has 1 fully saturated rings. The zero-order valence-electron chi connectivity index (χ0n) is 18.1. The maximum absolute atomic E-state index is 13.5. The van der Waals surface area contributed by atoms with Crippen LogP contribution in [0.2, 0.25) is 15.1 Å². The molecular formula is C26H23Cl3N2O2. The third-order valence-electron chi connectivity index (χ3n) is 6.16. The van der Waals surface area contributed by atoms with E-state index in [4.69, 9.17) is 34.8 Å². The molecule has 3 aromatic carbocycles. The number of hydrogen-bond donors (Lipinski definition) is 1. The number of halogens is 3. The summed E-state index contributed by atoms with van der Waals surface area (Å²) in [6, 6.07) is 19.3. The molecule has 0 aromatic heterocycles. The third kappa shape index (κ3) is 5.10. The minimum atomic E-state index is -0.720. The summed E-state index contributed by atoms with van der Waals surface area (Å²) >= 11 is 18.2. The molecule has 1 heterocycles. The number of para-hydroxylation sites is 1. The molecule has 3 aromatic rings. The Morgan fingerprint density at radius 3 is 2.42 bits per heavy atom. The summed E-state index contributed by atoms with van der Waals surface area (Å²) in [5.41, 5.74) is 1.71. The lowest BCUT2D eigenvalue weighted by molar-refractivity contribution is -0.125. The molecule has 170 valence electrons. The number of benzene rings is 3. The van der Waals surface area contributed by atoms with E-state index in [0.29, 0.717) is 44.8 Å². The molecule has 1 aliphatic rings. The average molecular weight is 502 g/mol. The average Bonchev–Trinajstić information content (AvgIpc) is 3.18. The van der Waals surface area contributed by atoms with E-state index < -0.39 is 5.54 Å². The van der Waals surface area contributed by atoms with Crippen LogP contribution in [0, 0.1) is 0 Å². The van der Waals surface area contributed by atoms with Gasteiger partial charge < -0.3 is 5.32 Å². The van der Waals surface area contributed by atoms with Crippen LogP contribution in [0.4, 0.5) is 5.69 Å². The predicted molar refractivity (Wildman–Crippen MR) is 134 cm³/mol. The summed E-state index contributed by atoms with van der Waals surface area (Å²) in [6.07, 6.45) is 1.62. The normalized spacial score (nSPS) is 18.3. The van der Waals surface area contributed by atoms with Gasteiger partial charge in [0.1, 0.15) is 0 Å². The fourth-order valence-corrected chi connectivity index (χ4v) is 4.64. The molecule has 7 heteroatoms. The van der Waals surface area contributed by atoms with Gasteiger partial charge in [0.2, 0.25) is 5.91 Å². The summed E-state index contributed by atoms with van der Waals surface area (Å²) in [7, 11) is 0. The zero-order valence-corrected chi connectivity index (χ0v) is 20.3. The Labute approximate surface area is 208 Å². The minimum Gasteiger partial charge on any atom is -0.324 e. The number of carbonyl (C=O) groups is 2. The minimum absolute atomic E-state index is 0.142. The molecule has 1 saturated heterocycles. The Morgan fingerprint density at radius 1 is 0.970 bits per heavy atom. The van der Waals surface area contributed by atoms with Crippen molar-refractivity contribution in [3.63, 3.8) is 0 Å². The van der Waals surface area contributed by atoms with E-state index in [-0.39, 0.29) is 11.7 Å². The smallest absolute Gasteiger partial charge is 0.244 e. The van der Waals surface area contributed by atoms with E-state index in [2.05, 4.69) is 10.2 Å². The van der Waals surface area contributed by atoms with Crippen LogP contribution in [0.15, 0.2) is 66.7 Å². The van der Waals surface area contributed by atoms with Gasteiger partial charge in [0, 0.05) is 22.7 Å². The van der Waals surface area contributed by atoms with E-state index in [1.54, 1.807) is 54.6 Å². The van der Waals surface area contributed by atoms with E-state index in [1.165, 1.54) is 0 Å². The zero-order chi connectivity index (χ0) is 23.6. The first kappa shape index (κ1) is 23.8. The van der Waals surface area contributed by atoms with Crippen LogP contribution in [0.5, 0.6) is 0 Å². The summed E-state index contributed by atoms with van der Waals surface area (Å²) < 4.78 is 0. The van der Waals surface area contributed by atoms with Crippen molar-refractivity contribution < 1.29 is 9.59 Å². The maximum atomic E-state index is 13.5. The Morgan fingerprint density at radius 2 is 1.70 bits per heavy atom. The first-order chi connectivity index (χ1) is 15.8. The molecule has 1 amide bonds. The lowest BCUT2D eigenvalue weighted by atomic mass is 9.96. The van der Waals surface area contributed by atoms with Crippen molar-refractivity contribution in [1.29, 1.82) is 0 Å². The molecular weight excluding hydrogens is 479 g/mol. The summed E-state index contributed by atoms with van der Waals surface area (Å²) in [6.45, 7) is 3.30. The Bertz CT molecular complexity index is 1200. The van der Waals surface area contributed by atoms with Crippen LogP contribution in [0.1, 0.15) is 41.3 Å². The second-order valence-corrected chi connectivity index (χ2v) is 9.63. The number of rotatable bonds is 6. The molecule has 1 N–H and O–H groups in total. The predicted octanol–water partition coefficient (Wildman–Crippen LogP) is 6.87. The maximum Gasteiger partial charge on any atom is 0.244 e. The van der Waals surface area contributed by atoms with Gasteiger partial charge in [0.15, 0.2) is 5.78 Å². The van der Waals surface area contributed by atoms with E-state index in [1.807, 2.05) is 19.1 Å². The van der Waals surface area contributed by atoms with Gasteiger partial charge in [-0.25, -0.2) is 0 Å². The van der Waals surface area contributed by atoms with Gasteiger partial charge in [-0.3, -0.25) is 14.5 Å². The van der Waals surface area contributed by atoms with Gasteiger partial charge in [-0.2, -0.15) is 0 Å². The molecule has 0 aliphatic carbocycles. The molecule has 4 rings (SSSR count). The SMILES string of the molecule is C[C@]1(C(=O)Nc2ccccc2C(=O)c2ccc(Cl)cc2)CCCN1Cc1ccc(Cl)c(Cl)c1. The van der Waals surface area contributed by atoms with Gasteiger partial charge in [0.25, 0.3) is 0 Å². The van der Waals surface area contributed by atoms with Crippen LogP contribution in [0.3, 0.4) is 0 Å². The molecule has 0 bridgehead atoms. The van der Waals surface area contributed by atoms with Gasteiger partial charge in [0.05, 0.1) is 21.3 Å². The van der Waals surface area contributed by atoms with Gasteiger partial charge in [-0.15, -0.1) is 0 Å². The fraction of sp³-hybridized carbons (Fsp3) is 0.231. The Kier molecular flexibility index (Phi) is 7.10.